The smallest absolute Gasteiger partial charge is 0.308 e. The van der Waals surface area contributed by atoms with E-state index in [1.807, 2.05) is 60.7 Å². The maximum atomic E-state index is 11.1. The molecular weight excluding hydrogens is 312 g/mol. The lowest BCUT2D eigenvalue weighted by molar-refractivity contribution is -0.131. The van der Waals surface area contributed by atoms with Crippen molar-refractivity contribution in [2.24, 2.45) is 0 Å². The number of fused-ring (bicyclic) bond motifs is 2. The number of carbonyl (C=O) groups excluding carboxylic acids is 1. The van der Waals surface area contributed by atoms with Gasteiger partial charge in [-0.15, -0.1) is 0 Å². The van der Waals surface area contributed by atoms with E-state index in [2.05, 4.69) is 0 Å². The number of rotatable bonds is 2. The van der Waals surface area contributed by atoms with Crippen LogP contribution >= 0.6 is 0 Å². The van der Waals surface area contributed by atoms with Crippen LogP contribution in [0.4, 0.5) is 0 Å². The van der Waals surface area contributed by atoms with Crippen molar-refractivity contribution in [1.29, 1.82) is 0 Å². The lowest BCUT2D eigenvalue weighted by atomic mass is 9.91. The van der Waals surface area contributed by atoms with E-state index in [4.69, 9.17) is 4.74 Å². The summed E-state index contributed by atoms with van der Waals surface area (Å²) in [6.45, 7) is 1.38. The SMILES string of the molecule is CC(=O)Oc1ccc(-c2c3ccccc3c(O)c3ccccc23)cc1. The molecule has 0 radical (unpaired) electrons. The molecule has 4 aromatic rings. The van der Waals surface area contributed by atoms with Crippen LogP contribution in [0.25, 0.3) is 32.7 Å². The van der Waals surface area contributed by atoms with Crippen molar-refractivity contribution in [3.8, 4) is 22.6 Å². The van der Waals surface area contributed by atoms with E-state index >= 15 is 0 Å². The summed E-state index contributed by atoms with van der Waals surface area (Å²) in [6.07, 6.45) is 0. The Bertz CT molecular complexity index is 1040. The normalized spacial score (nSPS) is 10.9. The molecule has 25 heavy (non-hydrogen) atoms. The fourth-order valence-corrected chi connectivity index (χ4v) is 3.27. The molecule has 0 aliphatic heterocycles. The first-order valence-electron chi connectivity index (χ1n) is 8.06. The zero-order valence-corrected chi connectivity index (χ0v) is 13.7. The van der Waals surface area contributed by atoms with E-state index in [-0.39, 0.29) is 5.97 Å². The van der Waals surface area contributed by atoms with Crippen LogP contribution in [0.15, 0.2) is 72.8 Å². The Kier molecular flexibility index (Phi) is 3.62. The predicted molar refractivity (Wildman–Crippen MR) is 99.9 cm³/mol. The molecule has 0 aliphatic carbocycles. The van der Waals surface area contributed by atoms with Gasteiger partial charge in [-0.1, -0.05) is 60.7 Å². The first kappa shape index (κ1) is 15.2. The standard InChI is InChI=1S/C22H16O3/c1-14(23)25-16-12-10-15(11-13-16)21-17-6-2-4-8-19(17)22(24)20-9-5-3-7-18(20)21/h2-13,24H,1H3. The average molecular weight is 328 g/mol. The summed E-state index contributed by atoms with van der Waals surface area (Å²) in [4.78, 5) is 11.1. The summed E-state index contributed by atoms with van der Waals surface area (Å²) >= 11 is 0. The van der Waals surface area contributed by atoms with Crippen molar-refractivity contribution < 1.29 is 14.6 Å². The molecule has 4 aromatic carbocycles. The van der Waals surface area contributed by atoms with E-state index < -0.39 is 0 Å². The van der Waals surface area contributed by atoms with Crippen molar-refractivity contribution in [2.45, 2.75) is 6.92 Å². The Morgan fingerprint density at radius 3 is 1.72 bits per heavy atom. The zero-order chi connectivity index (χ0) is 17.4. The lowest BCUT2D eigenvalue weighted by Crippen LogP contribution is -2.00. The molecule has 0 heterocycles. The summed E-state index contributed by atoms with van der Waals surface area (Å²) in [5.74, 6) is 0.475. The topological polar surface area (TPSA) is 46.5 Å². The van der Waals surface area contributed by atoms with Gasteiger partial charge in [-0.2, -0.15) is 0 Å². The van der Waals surface area contributed by atoms with Gasteiger partial charge in [0.25, 0.3) is 0 Å². The van der Waals surface area contributed by atoms with Crippen LogP contribution in [0, 0.1) is 0 Å². The van der Waals surface area contributed by atoms with Gasteiger partial charge in [0.05, 0.1) is 0 Å². The summed E-state index contributed by atoms with van der Waals surface area (Å²) in [5.41, 5.74) is 2.06. The monoisotopic (exact) mass is 328 g/mol. The fraction of sp³-hybridized carbons (Fsp3) is 0.0455. The molecule has 4 rings (SSSR count). The van der Waals surface area contributed by atoms with Gasteiger partial charge in [0.2, 0.25) is 0 Å². The van der Waals surface area contributed by atoms with Crippen molar-refractivity contribution in [2.75, 3.05) is 0 Å². The number of benzene rings is 4. The Morgan fingerprint density at radius 2 is 1.24 bits per heavy atom. The summed E-state index contributed by atoms with van der Waals surface area (Å²) < 4.78 is 5.12. The number of phenolic OH excluding ortho intramolecular Hbond substituents is 1. The molecule has 0 unspecified atom stereocenters. The van der Waals surface area contributed by atoms with Gasteiger partial charge in [0, 0.05) is 17.7 Å². The molecular formula is C22H16O3. The third-order valence-electron chi connectivity index (χ3n) is 4.31. The van der Waals surface area contributed by atoms with Crippen LogP contribution in [-0.4, -0.2) is 11.1 Å². The first-order valence-corrected chi connectivity index (χ1v) is 8.06. The van der Waals surface area contributed by atoms with E-state index in [1.165, 1.54) is 6.92 Å². The van der Waals surface area contributed by atoms with Crippen molar-refractivity contribution in [3.63, 3.8) is 0 Å². The van der Waals surface area contributed by atoms with Gasteiger partial charge in [0.15, 0.2) is 0 Å². The second kappa shape index (κ2) is 5.95. The van der Waals surface area contributed by atoms with Gasteiger partial charge in [0.1, 0.15) is 11.5 Å². The van der Waals surface area contributed by atoms with Gasteiger partial charge in [-0.25, -0.2) is 0 Å². The van der Waals surface area contributed by atoms with E-state index in [0.29, 0.717) is 11.5 Å². The molecule has 0 aliphatic rings. The minimum atomic E-state index is -0.340. The van der Waals surface area contributed by atoms with Crippen LogP contribution in [-0.2, 0) is 4.79 Å². The van der Waals surface area contributed by atoms with Gasteiger partial charge >= 0.3 is 5.97 Å². The minimum Gasteiger partial charge on any atom is -0.507 e. The minimum absolute atomic E-state index is 0.298. The highest BCUT2D eigenvalue weighted by Gasteiger charge is 2.14. The molecule has 0 fully saturated rings. The maximum absolute atomic E-state index is 11.1. The Labute approximate surface area is 145 Å². The number of phenols is 1. The number of esters is 1. The molecule has 0 bridgehead atoms. The van der Waals surface area contributed by atoms with Crippen LogP contribution in [0.3, 0.4) is 0 Å². The highest BCUT2D eigenvalue weighted by molar-refractivity contribution is 6.16. The van der Waals surface area contributed by atoms with Crippen molar-refractivity contribution in [1.82, 2.24) is 0 Å². The third kappa shape index (κ3) is 2.60. The van der Waals surface area contributed by atoms with Crippen LogP contribution in [0.2, 0.25) is 0 Å². The van der Waals surface area contributed by atoms with E-state index in [1.54, 1.807) is 12.1 Å². The van der Waals surface area contributed by atoms with Crippen molar-refractivity contribution >= 4 is 27.5 Å². The molecule has 0 aromatic heterocycles. The molecule has 0 amide bonds. The van der Waals surface area contributed by atoms with Crippen molar-refractivity contribution in [3.05, 3.63) is 72.8 Å². The number of ether oxygens (including phenoxy) is 1. The van der Waals surface area contributed by atoms with Crippen LogP contribution in [0.1, 0.15) is 6.92 Å². The second-order valence-corrected chi connectivity index (χ2v) is 5.93. The summed E-state index contributed by atoms with van der Waals surface area (Å²) in [6, 6.07) is 23.1. The number of hydrogen-bond acceptors (Lipinski definition) is 3. The highest BCUT2D eigenvalue weighted by Crippen LogP contribution is 2.42. The molecule has 0 spiro atoms. The number of carbonyl (C=O) groups is 1. The molecule has 3 heteroatoms. The molecule has 0 saturated heterocycles. The van der Waals surface area contributed by atoms with E-state index in [0.717, 1.165) is 32.7 Å². The third-order valence-corrected chi connectivity index (χ3v) is 4.31. The first-order chi connectivity index (χ1) is 12.1. The van der Waals surface area contributed by atoms with E-state index in [9.17, 15) is 9.90 Å². The summed E-state index contributed by atoms with van der Waals surface area (Å²) in [7, 11) is 0. The van der Waals surface area contributed by atoms with Gasteiger partial charge in [-0.3, -0.25) is 4.79 Å². The fourth-order valence-electron chi connectivity index (χ4n) is 3.27. The molecule has 1 N–H and O–H groups in total. The highest BCUT2D eigenvalue weighted by atomic mass is 16.5. The molecule has 0 atom stereocenters. The molecule has 122 valence electrons. The average Bonchev–Trinajstić information content (AvgIpc) is 2.63. The van der Waals surface area contributed by atoms with Crippen LogP contribution < -0.4 is 4.74 Å². The number of hydrogen-bond donors (Lipinski definition) is 1. The molecule has 0 saturated carbocycles. The van der Waals surface area contributed by atoms with Crippen LogP contribution in [0.5, 0.6) is 11.5 Å². The zero-order valence-electron chi connectivity index (χ0n) is 13.7. The second-order valence-electron chi connectivity index (χ2n) is 5.93. The molecule has 3 nitrogen and oxygen atoms in total. The Hall–Kier alpha value is -3.33. The largest absolute Gasteiger partial charge is 0.507 e. The van der Waals surface area contributed by atoms with Gasteiger partial charge in [-0.05, 0) is 34.0 Å². The Balaban J connectivity index is 2.02. The Morgan fingerprint density at radius 1 is 0.760 bits per heavy atom. The maximum Gasteiger partial charge on any atom is 0.308 e. The lowest BCUT2D eigenvalue weighted by Gasteiger charge is -2.14. The van der Waals surface area contributed by atoms with Gasteiger partial charge < -0.3 is 9.84 Å². The predicted octanol–water partition coefficient (Wildman–Crippen LogP) is 5.29. The quantitative estimate of drug-likeness (QED) is 0.309. The number of aromatic hydroxyl groups is 1. The summed E-state index contributed by atoms with van der Waals surface area (Å²) in [5, 5.41) is 14.3.